The molecule has 0 saturated carbocycles. The van der Waals surface area contributed by atoms with Gasteiger partial charge in [-0.1, -0.05) is 170 Å². The van der Waals surface area contributed by atoms with E-state index in [0.717, 1.165) is 27.3 Å². The van der Waals surface area contributed by atoms with E-state index in [1.54, 1.807) is 0 Å². The number of rotatable bonds is 3. The van der Waals surface area contributed by atoms with Crippen molar-refractivity contribution in [1.29, 1.82) is 0 Å². The Hall–Kier alpha value is -6.70. The molecule has 51 heavy (non-hydrogen) atoms. The van der Waals surface area contributed by atoms with Gasteiger partial charge in [0.25, 0.3) is 0 Å². The molecule has 236 valence electrons. The maximum absolute atomic E-state index is 6.83. The third kappa shape index (κ3) is 4.16. The highest BCUT2D eigenvalue weighted by molar-refractivity contribution is 6.31. The minimum absolute atomic E-state index is 0.913. The summed E-state index contributed by atoms with van der Waals surface area (Å²) in [5.41, 5.74) is 9.27. The summed E-state index contributed by atoms with van der Waals surface area (Å²) in [5, 5.41) is 14.5. The Morgan fingerprint density at radius 1 is 0.294 bits per heavy atom. The van der Waals surface area contributed by atoms with Crippen LogP contribution in [-0.2, 0) is 0 Å². The summed E-state index contributed by atoms with van der Waals surface area (Å²) in [4.78, 5) is 0. The molecule has 1 aromatic heterocycles. The predicted octanol–water partition coefficient (Wildman–Crippen LogP) is 14.4. The molecule has 11 rings (SSSR count). The average Bonchev–Trinajstić information content (AvgIpc) is 3.58. The average molecular weight is 647 g/mol. The quantitative estimate of drug-likeness (QED) is 0.174. The standard InChI is InChI=1S/C50H30O/c1-4-16-36-31(12-1)15-11-23-37(36)33-24-26-34(27-25-33)46-40-19-7-9-21-42(40)47(43-22-10-8-20-41(43)46)49-38-17-5-3-14-35(38)30-45-48(49)44-29-28-32-13-2-6-18-39(32)50(44)51-45/h1-30H. The summed E-state index contributed by atoms with van der Waals surface area (Å²) in [5.74, 6) is 0. The maximum Gasteiger partial charge on any atom is 0.143 e. The van der Waals surface area contributed by atoms with Crippen molar-refractivity contribution in [1.82, 2.24) is 0 Å². The van der Waals surface area contributed by atoms with Gasteiger partial charge in [0, 0.05) is 21.7 Å². The summed E-state index contributed by atoms with van der Waals surface area (Å²) < 4.78 is 6.83. The molecule has 0 atom stereocenters. The topological polar surface area (TPSA) is 13.1 Å². The number of fused-ring (bicyclic) bond motifs is 9. The zero-order chi connectivity index (χ0) is 33.5. The molecule has 0 aliphatic heterocycles. The Bertz CT molecular complexity index is 3120. The first-order valence-electron chi connectivity index (χ1n) is 17.6. The minimum atomic E-state index is 0.913. The highest BCUT2D eigenvalue weighted by Crippen LogP contribution is 2.50. The molecule has 0 fully saturated rings. The molecule has 1 heterocycles. The Morgan fingerprint density at radius 3 is 1.49 bits per heavy atom. The number of hydrogen-bond donors (Lipinski definition) is 0. The Morgan fingerprint density at radius 2 is 0.804 bits per heavy atom. The lowest BCUT2D eigenvalue weighted by atomic mass is 9.83. The number of furan rings is 1. The number of benzene rings is 10. The zero-order valence-electron chi connectivity index (χ0n) is 27.7. The summed E-state index contributed by atoms with van der Waals surface area (Å²) in [6, 6.07) is 66.2. The molecule has 0 bridgehead atoms. The second-order valence-corrected chi connectivity index (χ2v) is 13.6. The van der Waals surface area contributed by atoms with Gasteiger partial charge in [-0.3, -0.25) is 0 Å². The van der Waals surface area contributed by atoms with Crippen LogP contribution < -0.4 is 0 Å². The van der Waals surface area contributed by atoms with Crippen LogP contribution >= 0.6 is 0 Å². The Kier molecular flexibility index (Phi) is 6.02. The summed E-state index contributed by atoms with van der Waals surface area (Å²) >= 11 is 0. The first-order valence-corrected chi connectivity index (χ1v) is 17.6. The van der Waals surface area contributed by atoms with Crippen LogP contribution in [-0.4, -0.2) is 0 Å². The van der Waals surface area contributed by atoms with Crippen molar-refractivity contribution in [2.75, 3.05) is 0 Å². The van der Waals surface area contributed by atoms with Gasteiger partial charge in [0.1, 0.15) is 11.2 Å². The van der Waals surface area contributed by atoms with E-state index in [9.17, 15) is 0 Å². The first-order chi connectivity index (χ1) is 25.3. The number of hydrogen-bond acceptors (Lipinski definition) is 1. The lowest BCUT2D eigenvalue weighted by Gasteiger charge is -2.19. The van der Waals surface area contributed by atoms with E-state index in [1.165, 1.54) is 81.9 Å². The Labute approximate surface area is 294 Å². The molecular weight excluding hydrogens is 617 g/mol. The van der Waals surface area contributed by atoms with Gasteiger partial charge in [0.15, 0.2) is 0 Å². The summed E-state index contributed by atoms with van der Waals surface area (Å²) in [6.45, 7) is 0. The van der Waals surface area contributed by atoms with Crippen molar-refractivity contribution < 1.29 is 4.42 Å². The van der Waals surface area contributed by atoms with E-state index in [-0.39, 0.29) is 0 Å². The lowest BCUT2D eigenvalue weighted by molar-refractivity contribution is 0.673. The van der Waals surface area contributed by atoms with Gasteiger partial charge in [-0.25, -0.2) is 0 Å². The van der Waals surface area contributed by atoms with Crippen LogP contribution in [0.4, 0.5) is 0 Å². The third-order valence-corrected chi connectivity index (χ3v) is 10.8. The smallest absolute Gasteiger partial charge is 0.143 e. The van der Waals surface area contributed by atoms with Gasteiger partial charge in [0.05, 0.1) is 0 Å². The normalized spacial score (nSPS) is 11.9. The summed E-state index contributed by atoms with van der Waals surface area (Å²) in [6.07, 6.45) is 0. The Balaban J connectivity index is 1.23. The largest absolute Gasteiger partial charge is 0.455 e. The molecular formula is C50H30O. The van der Waals surface area contributed by atoms with E-state index >= 15 is 0 Å². The highest BCUT2D eigenvalue weighted by Gasteiger charge is 2.23. The van der Waals surface area contributed by atoms with Crippen LogP contribution in [0.25, 0.3) is 109 Å². The van der Waals surface area contributed by atoms with Gasteiger partial charge < -0.3 is 4.42 Å². The molecule has 11 aromatic rings. The maximum atomic E-state index is 6.83. The fourth-order valence-electron chi connectivity index (χ4n) is 8.59. The van der Waals surface area contributed by atoms with E-state index < -0.39 is 0 Å². The highest BCUT2D eigenvalue weighted by atomic mass is 16.3. The fourth-order valence-corrected chi connectivity index (χ4v) is 8.59. The van der Waals surface area contributed by atoms with E-state index in [4.69, 9.17) is 4.42 Å². The fraction of sp³-hybridized carbons (Fsp3) is 0. The van der Waals surface area contributed by atoms with Gasteiger partial charge in [-0.05, 0) is 88.4 Å². The van der Waals surface area contributed by atoms with Crippen molar-refractivity contribution in [3.05, 3.63) is 182 Å². The van der Waals surface area contributed by atoms with E-state index in [2.05, 4.69) is 182 Å². The lowest BCUT2D eigenvalue weighted by Crippen LogP contribution is -1.92. The van der Waals surface area contributed by atoms with E-state index in [1.807, 2.05) is 0 Å². The van der Waals surface area contributed by atoms with Crippen molar-refractivity contribution in [2.24, 2.45) is 0 Å². The van der Waals surface area contributed by atoms with Crippen LogP contribution in [0.15, 0.2) is 186 Å². The van der Waals surface area contributed by atoms with Gasteiger partial charge in [0.2, 0.25) is 0 Å². The van der Waals surface area contributed by atoms with Crippen molar-refractivity contribution in [3.8, 4) is 33.4 Å². The van der Waals surface area contributed by atoms with Crippen LogP contribution in [0.2, 0.25) is 0 Å². The predicted molar refractivity (Wildman–Crippen MR) is 218 cm³/mol. The molecule has 1 nitrogen and oxygen atoms in total. The van der Waals surface area contributed by atoms with Crippen molar-refractivity contribution in [3.63, 3.8) is 0 Å². The van der Waals surface area contributed by atoms with Gasteiger partial charge in [-0.2, -0.15) is 0 Å². The molecule has 1 heteroatoms. The zero-order valence-corrected chi connectivity index (χ0v) is 27.7. The van der Waals surface area contributed by atoms with Crippen molar-refractivity contribution in [2.45, 2.75) is 0 Å². The third-order valence-electron chi connectivity index (χ3n) is 10.8. The second kappa shape index (κ2) is 10.9. The monoisotopic (exact) mass is 646 g/mol. The molecule has 0 amide bonds. The molecule has 0 radical (unpaired) electrons. The molecule has 0 N–H and O–H groups in total. The minimum Gasteiger partial charge on any atom is -0.455 e. The van der Waals surface area contributed by atoms with Gasteiger partial charge in [-0.15, -0.1) is 0 Å². The van der Waals surface area contributed by atoms with Crippen LogP contribution in [0.1, 0.15) is 0 Å². The van der Waals surface area contributed by atoms with Crippen LogP contribution in [0, 0.1) is 0 Å². The first kappa shape index (κ1) is 28.2. The molecule has 0 saturated heterocycles. The van der Waals surface area contributed by atoms with Crippen LogP contribution in [0.5, 0.6) is 0 Å². The van der Waals surface area contributed by atoms with Crippen molar-refractivity contribution >= 4 is 75.8 Å². The molecule has 0 aliphatic carbocycles. The van der Waals surface area contributed by atoms with Gasteiger partial charge >= 0.3 is 0 Å². The second-order valence-electron chi connectivity index (χ2n) is 13.6. The van der Waals surface area contributed by atoms with Crippen LogP contribution in [0.3, 0.4) is 0 Å². The molecule has 0 unspecified atom stereocenters. The van der Waals surface area contributed by atoms with E-state index in [0.29, 0.717) is 0 Å². The molecule has 0 spiro atoms. The summed E-state index contributed by atoms with van der Waals surface area (Å²) in [7, 11) is 0. The molecule has 10 aromatic carbocycles. The SMILES string of the molecule is c1ccc2c(-c3ccc(-c4c5ccccc5c(-c5c6ccccc6cc6oc7c8ccccc8ccc7c56)c5ccccc45)cc3)cccc2c1. The molecule has 0 aliphatic rings.